The molecule has 0 aliphatic heterocycles. The number of carbonyl (C=O) groups is 2. The van der Waals surface area contributed by atoms with E-state index in [1.54, 1.807) is 12.1 Å². The Morgan fingerprint density at radius 3 is 2.40 bits per heavy atom. The third kappa shape index (κ3) is 8.83. The third-order valence-electron chi connectivity index (χ3n) is 7.01. The summed E-state index contributed by atoms with van der Waals surface area (Å²) in [5.41, 5.74) is -0.134. The van der Waals surface area contributed by atoms with Gasteiger partial charge >= 0.3 is 6.18 Å². The standard InChI is InChI=1S/C30H36F3IN2O7/c1-17(2)8-10-36(29(41)19-4-6-21(7-5-19)30(31,32)33)23-14-20(28(40)35-9-11-37)15-24(26(23)39)43-27-22(34)12-18(16-38)13-25(27)42-3/h4-7,12-13,15,17,23-24,26,37-39H,8-11,14,16H2,1-3H3,(H,35,40). The fourth-order valence-corrected chi connectivity index (χ4v) is 5.47. The van der Waals surface area contributed by atoms with Crippen LogP contribution in [0.5, 0.6) is 11.5 Å². The highest BCUT2D eigenvalue weighted by Crippen LogP contribution is 2.37. The Morgan fingerprint density at radius 2 is 1.84 bits per heavy atom. The molecule has 1 aliphatic rings. The van der Waals surface area contributed by atoms with Gasteiger partial charge in [-0.05, 0) is 83.0 Å². The van der Waals surface area contributed by atoms with Gasteiger partial charge in [-0.15, -0.1) is 0 Å². The first kappa shape index (κ1) is 34.6. The molecule has 3 unspecified atom stereocenters. The number of nitrogens with zero attached hydrogens (tertiary/aromatic N) is 1. The molecule has 0 radical (unpaired) electrons. The maximum atomic E-state index is 13.8. The van der Waals surface area contributed by atoms with Gasteiger partial charge in [0.15, 0.2) is 11.5 Å². The Balaban J connectivity index is 2.05. The SMILES string of the molecule is COc1cc(CO)cc(I)c1OC1C=C(C(=O)NCCO)CC(N(CCC(C)C)C(=O)c2ccc(C(F)(F)F)cc2)C1O. The van der Waals surface area contributed by atoms with Gasteiger partial charge < -0.3 is 35.0 Å². The first-order chi connectivity index (χ1) is 20.3. The second kappa shape index (κ2) is 15.2. The number of halogens is 4. The predicted octanol–water partition coefficient (Wildman–Crippen LogP) is 3.91. The lowest BCUT2D eigenvalue weighted by Gasteiger charge is -2.41. The Hall–Kier alpha value is -2.88. The number of rotatable bonds is 12. The molecule has 3 rings (SSSR count). The highest BCUT2D eigenvalue weighted by atomic mass is 127. The van der Waals surface area contributed by atoms with Crippen molar-refractivity contribution in [3.63, 3.8) is 0 Å². The minimum Gasteiger partial charge on any atom is -0.493 e. The van der Waals surface area contributed by atoms with Gasteiger partial charge in [-0.3, -0.25) is 9.59 Å². The lowest BCUT2D eigenvalue weighted by atomic mass is 9.87. The number of benzene rings is 2. The molecule has 1 aliphatic carbocycles. The second-order valence-corrected chi connectivity index (χ2v) is 11.7. The molecule has 0 bridgehead atoms. The van der Waals surface area contributed by atoms with Gasteiger partial charge in [-0.25, -0.2) is 0 Å². The van der Waals surface area contributed by atoms with Crippen LogP contribution in [0.1, 0.15) is 48.2 Å². The quantitative estimate of drug-likeness (QED) is 0.245. The number of amides is 2. The monoisotopic (exact) mass is 720 g/mol. The molecule has 3 atom stereocenters. The Labute approximate surface area is 261 Å². The van der Waals surface area contributed by atoms with Crippen molar-refractivity contribution >= 4 is 34.4 Å². The summed E-state index contributed by atoms with van der Waals surface area (Å²) in [6, 6.07) is 6.11. The van der Waals surface area contributed by atoms with E-state index >= 15 is 0 Å². The molecule has 2 aromatic carbocycles. The van der Waals surface area contributed by atoms with Gasteiger partial charge in [0.05, 0.1) is 35.5 Å². The number of ether oxygens (including phenoxy) is 2. The van der Waals surface area contributed by atoms with Gasteiger partial charge in [0.25, 0.3) is 5.91 Å². The van der Waals surface area contributed by atoms with Crippen LogP contribution < -0.4 is 14.8 Å². The maximum absolute atomic E-state index is 13.8. The number of hydrogen-bond donors (Lipinski definition) is 4. The lowest BCUT2D eigenvalue weighted by Crippen LogP contribution is -2.55. The first-order valence-electron chi connectivity index (χ1n) is 13.7. The van der Waals surface area contributed by atoms with Crippen LogP contribution in [0.15, 0.2) is 48.0 Å². The minimum atomic E-state index is -4.57. The summed E-state index contributed by atoms with van der Waals surface area (Å²) >= 11 is 1.99. The van der Waals surface area contributed by atoms with Gasteiger partial charge in [0, 0.05) is 30.6 Å². The highest BCUT2D eigenvalue weighted by molar-refractivity contribution is 14.1. The number of aliphatic hydroxyl groups is 3. The van der Waals surface area contributed by atoms with Gasteiger partial charge in [0.2, 0.25) is 5.91 Å². The summed E-state index contributed by atoms with van der Waals surface area (Å²) in [6.45, 7) is 3.48. The lowest BCUT2D eigenvalue weighted by molar-refractivity contribution is -0.137. The van der Waals surface area contributed by atoms with E-state index in [9.17, 15) is 38.1 Å². The van der Waals surface area contributed by atoms with E-state index in [-0.39, 0.29) is 61.3 Å². The molecule has 0 aromatic heterocycles. The van der Waals surface area contributed by atoms with E-state index in [1.165, 1.54) is 18.1 Å². The average Bonchev–Trinajstić information content (AvgIpc) is 2.97. The number of carbonyl (C=O) groups excluding carboxylic acids is 2. The average molecular weight is 721 g/mol. The molecule has 43 heavy (non-hydrogen) atoms. The summed E-state index contributed by atoms with van der Waals surface area (Å²) in [4.78, 5) is 28.2. The first-order valence-corrected chi connectivity index (χ1v) is 14.8. The van der Waals surface area contributed by atoms with Crippen molar-refractivity contribution in [3.05, 3.63) is 68.3 Å². The van der Waals surface area contributed by atoms with Crippen molar-refractivity contribution in [1.29, 1.82) is 0 Å². The smallest absolute Gasteiger partial charge is 0.416 e. The molecule has 0 saturated carbocycles. The third-order valence-corrected chi connectivity index (χ3v) is 7.81. The van der Waals surface area contributed by atoms with Crippen LogP contribution in [-0.2, 0) is 17.6 Å². The van der Waals surface area contributed by atoms with Crippen LogP contribution in [-0.4, -0.2) is 77.1 Å². The summed E-state index contributed by atoms with van der Waals surface area (Å²) < 4.78 is 51.7. The molecule has 2 amide bonds. The topological polar surface area (TPSA) is 129 Å². The fourth-order valence-electron chi connectivity index (χ4n) is 4.68. The number of hydrogen-bond acceptors (Lipinski definition) is 7. The zero-order valence-corrected chi connectivity index (χ0v) is 26.2. The van der Waals surface area contributed by atoms with Crippen LogP contribution in [0.2, 0.25) is 0 Å². The molecule has 9 nitrogen and oxygen atoms in total. The number of alkyl halides is 3. The second-order valence-electron chi connectivity index (χ2n) is 10.5. The zero-order chi connectivity index (χ0) is 31.9. The van der Waals surface area contributed by atoms with E-state index in [0.29, 0.717) is 15.6 Å². The van der Waals surface area contributed by atoms with Crippen molar-refractivity contribution < 1.29 is 47.6 Å². The summed E-state index contributed by atoms with van der Waals surface area (Å²) in [7, 11) is 1.42. The van der Waals surface area contributed by atoms with Crippen molar-refractivity contribution in [1.82, 2.24) is 10.2 Å². The van der Waals surface area contributed by atoms with Gasteiger partial charge in [-0.2, -0.15) is 13.2 Å². The highest BCUT2D eigenvalue weighted by Gasteiger charge is 2.41. The normalized spacial score (nSPS) is 18.7. The molecule has 4 N–H and O–H groups in total. The summed E-state index contributed by atoms with van der Waals surface area (Å²) in [5, 5.41) is 33.0. The minimum absolute atomic E-state index is 0.00179. The van der Waals surface area contributed by atoms with E-state index in [1.807, 2.05) is 36.4 Å². The van der Waals surface area contributed by atoms with Gasteiger partial charge in [-0.1, -0.05) is 13.8 Å². The molecule has 2 aromatic rings. The Kier molecular flexibility index (Phi) is 12.2. The van der Waals surface area contributed by atoms with Crippen molar-refractivity contribution in [3.8, 4) is 11.5 Å². The largest absolute Gasteiger partial charge is 0.493 e. The molecular weight excluding hydrogens is 684 g/mol. The van der Waals surface area contributed by atoms with Crippen LogP contribution in [0.25, 0.3) is 0 Å². The van der Waals surface area contributed by atoms with Crippen LogP contribution in [0.4, 0.5) is 13.2 Å². The molecular formula is C30H36F3IN2O7. The molecule has 0 saturated heterocycles. The fraction of sp³-hybridized carbons (Fsp3) is 0.467. The Morgan fingerprint density at radius 1 is 1.16 bits per heavy atom. The number of nitrogens with one attached hydrogen (secondary N) is 1. The van der Waals surface area contributed by atoms with Crippen molar-refractivity contribution in [2.75, 3.05) is 26.8 Å². The Bertz CT molecular complexity index is 1300. The molecule has 13 heteroatoms. The van der Waals surface area contributed by atoms with Crippen LogP contribution in [0.3, 0.4) is 0 Å². The maximum Gasteiger partial charge on any atom is 0.416 e. The van der Waals surface area contributed by atoms with Gasteiger partial charge in [0.1, 0.15) is 12.2 Å². The summed E-state index contributed by atoms with van der Waals surface area (Å²) in [6.07, 6.45) is -5.16. The number of methoxy groups -OCH3 is 1. The van der Waals surface area contributed by atoms with E-state index < -0.39 is 41.8 Å². The van der Waals surface area contributed by atoms with Crippen molar-refractivity contribution in [2.24, 2.45) is 5.92 Å². The molecule has 236 valence electrons. The van der Waals surface area contributed by atoms with Crippen LogP contribution in [0, 0.1) is 9.49 Å². The van der Waals surface area contributed by atoms with E-state index in [4.69, 9.17) is 9.47 Å². The summed E-state index contributed by atoms with van der Waals surface area (Å²) in [5.74, 6) is -0.452. The molecule has 0 fully saturated rings. The van der Waals surface area contributed by atoms with E-state index in [0.717, 1.165) is 24.3 Å². The molecule has 0 spiro atoms. The molecule has 0 heterocycles. The van der Waals surface area contributed by atoms with Crippen molar-refractivity contribution in [2.45, 2.75) is 57.7 Å². The van der Waals surface area contributed by atoms with Crippen LogP contribution >= 0.6 is 22.6 Å². The number of aliphatic hydroxyl groups excluding tert-OH is 3. The zero-order valence-electron chi connectivity index (χ0n) is 24.0. The van der Waals surface area contributed by atoms with E-state index in [2.05, 4.69) is 5.32 Å². The predicted molar refractivity (Wildman–Crippen MR) is 161 cm³/mol.